The van der Waals surface area contributed by atoms with Crippen molar-refractivity contribution < 1.29 is 22.7 Å². The number of anilines is 1. The highest BCUT2D eigenvalue weighted by Gasteiger charge is 2.22. The Kier molecular flexibility index (Phi) is 4.60. The Hall–Kier alpha value is -1.83. The summed E-state index contributed by atoms with van der Waals surface area (Å²) in [6, 6.07) is 6.65. The number of carboxylic acids is 1. The van der Waals surface area contributed by atoms with Gasteiger partial charge in [0.25, 0.3) is 10.0 Å². The molecule has 0 radical (unpaired) electrons. The molecule has 0 bridgehead atoms. The van der Waals surface area contributed by atoms with E-state index in [-0.39, 0.29) is 20.6 Å². The second kappa shape index (κ2) is 6.12. The van der Waals surface area contributed by atoms with Crippen molar-refractivity contribution in [1.82, 2.24) is 0 Å². The van der Waals surface area contributed by atoms with E-state index in [0.717, 1.165) is 12.1 Å². The van der Waals surface area contributed by atoms with Crippen LogP contribution in [0.4, 0.5) is 10.1 Å². The molecule has 0 fully saturated rings. The highest BCUT2D eigenvalue weighted by atomic mass is 35.5. The molecule has 0 heterocycles. The minimum Gasteiger partial charge on any atom is -0.478 e. The molecule has 0 aliphatic heterocycles. The minimum absolute atomic E-state index is 0.0297. The number of carbonyl (C=O) groups is 1. The van der Waals surface area contributed by atoms with Gasteiger partial charge in [-0.2, -0.15) is 0 Å². The number of aromatic carboxylic acids is 1. The Morgan fingerprint density at radius 1 is 1.18 bits per heavy atom. The van der Waals surface area contributed by atoms with Crippen LogP contribution in [0.1, 0.15) is 10.4 Å². The zero-order valence-electron chi connectivity index (χ0n) is 10.7. The average Bonchev–Trinajstić information content (AvgIpc) is 2.43. The summed E-state index contributed by atoms with van der Waals surface area (Å²) >= 11 is 11.6. The van der Waals surface area contributed by atoms with E-state index in [2.05, 4.69) is 4.72 Å². The number of rotatable bonds is 4. The van der Waals surface area contributed by atoms with Gasteiger partial charge in [-0.05, 0) is 30.3 Å². The zero-order valence-corrected chi connectivity index (χ0v) is 13.0. The number of halogens is 3. The first-order valence-electron chi connectivity index (χ1n) is 5.72. The summed E-state index contributed by atoms with van der Waals surface area (Å²) in [6.07, 6.45) is 0. The van der Waals surface area contributed by atoms with Crippen LogP contribution in [-0.2, 0) is 10.0 Å². The third-order valence-corrected chi connectivity index (χ3v) is 5.00. The molecule has 0 aromatic heterocycles. The van der Waals surface area contributed by atoms with Gasteiger partial charge in [0, 0.05) is 0 Å². The Labute approximate surface area is 135 Å². The normalized spacial score (nSPS) is 11.2. The molecule has 0 atom stereocenters. The molecule has 0 aliphatic rings. The molecule has 5 nitrogen and oxygen atoms in total. The third-order valence-electron chi connectivity index (χ3n) is 2.66. The molecule has 116 valence electrons. The van der Waals surface area contributed by atoms with Gasteiger partial charge in [-0.1, -0.05) is 29.3 Å². The molecule has 2 N–H and O–H groups in total. The zero-order chi connectivity index (χ0) is 16.5. The lowest BCUT2D eigenvalue weighted by atomic mass is 10.2. The van der Waals surface area contributed by atoms with Crippen molar-refractivity contribution in [2.45, 2.75) is 4.90 Å². The summed E-state index contributed by atoms with van der Waals surface area (Å²) in [6.45, 7) is 0. The van der Waals surface area contributed by atoms with Crippen molar-refractivity contribution in [2.24, 2.45) is 0 Å². The third kappa shape index (κ3) is 3.32. The van der Waals surface area contributed by atoms with Crippen LogP contribution in [0.15, 0.2) is 41.3 Å². The van der Waals surface area contributed by atoms with Gasteiger partial charge in [-0.25, -0.2) is 17.6 Å². The van der Waals surface area contributed by atoms with Crippen molar-refractivity contribution in [3.63, 3.8) is 0 Å². The summed E-state index contributed by atoms with van der Waals surface area (Å²) in [5.41, 5.74) is -0.813. The summed E-state index contributed by atoms with van der Waals surface area (Å²) in [5.74, 6) is -2.28. The number of hydrogen-bond donors (Lipinski definition) is 2. The molecule has 0 saturated heterocycles. The summed E-state index contributed by atoms with van der Waals surface area (Å²) in [5, 5.41) is 8.84. The molecule has 2 rings (SSSR count). The van der Waals surface area contributed by atoms with Crippen molar-refractivity contribution in [1.29, 1.82) is 0 Å². The van der Waals surface area contributed by atoms with E-state index < -0.39 is 27.4 Å². The fraction of sp³-hybridized carbons (Fsp3) is 0. The molecule has 0 saturated carbocycles. The minimum atomic E-state index is -4.19. The first-order chi connectivity index (χ1) is 10.2. The van der Waals surface area contributed by atoms with Gasteiger partial charge in [0.15, 0.2) is 0 Å². The first kappa shape index (κ1) is 16.5. The maximum Gasteiger partial charge on any atom is 0.337 e. The number of sulfonamides is 1. The van der Waals surface area contributed by atoms with Gasteiger partial charge in [-0.15, -0.1) is 0 Å². The van der Waals surface area contributed by atoms with Crippen LogP contribution in [-0.4, -0.2) is 19.5 Å². The molecule has 0 unspecified atom stereocenters. The van der Waals surface area contributed by atoms with E-state index >= 15 is 0 Å². The largest absolute Gasteiger partial charge is 0.478 e. The molecular weight excluding hydrogens is 356 g/mol. The monoisotopic (exact) mass is 363 g/mol. The van der Waals surface area contributed by atoms with Crippen molar-refractivity contribution in [3.8, 4) is 0 Å². The second-order valence-electron chi connectivity index (χ2n) is 4.15. The second-order valence-corrected chi connectivity index (χ2v) is 6.59. The van der Waals surface area contributed by atoms with E-state index in [9.17, 15) is 17.6 Å². The van der Waals surface area contributed by atoms with Crippen LogP contribution in [0.3, 0.4) is 0 Å². The maximum atomic E-state index is 13.1. The maximum absolute atomic E-state index is 13.1. The molecule has 2 aromatic carbocycles. The standard InChI is InChI=1S/C13H8Cl2FNO4S/c14-9-2-1-3-11(12(9)15)22(20,21)17-10-5-4-7(16)6-8(10)13(18)19/h1-6,17H,(H,18,19). The first-order valence-corrected chi connectivity index (χ1v) is 7.96. The van der Waals surface area contributed by atoms with E-state index in [4.69, 9.17) is 28.3 Å². The topological polar surface area (TPSA) is 83.5 Å². The lowest BCUT2D eigenvalue weighted by Crippen LogP contribution is -2.16. The fourth-order valence-electron chi connectivity index (χ4n) is 1.67. The predicted molar refractivity (Wildman–Crippen MR) is 80.6 cm³/mol. The van der Waals surface area contributed by atoms with Crippen LogP contribution in [0.2, 0.25) is 10.0 Å². The fourth-order valence-corrected chi connectivity index (χ4v) is 3.52. The molecule has 0 spiro atoms. The van der Waals surface area contributed by atoms with Gasteiger partial charge in [0.1, 0.15) is 10.7 Å². The number of hydrogen-bond acceptors (Lipinski definition) is 3. The molecule has 0 amide bonds. The summed E-state index contributed by atoms with van der Waals surface area (Å²) in [7, 11) is -4.19. The highest BCUT2D eigenvalue weighted by Crippen LogP contribution is 2.30. The number of benzene rings is 2. The highest BCUT2D eigenvalue weighted by molar-refractivity contribution is 7.92. The molecule has 9 heteroatoms. The molecule has 2 aromatic rings. The lowest BCUT2D eigenvalue weighted by molar-refractivity contribution is 0.0697. The molecular formula is C13H8Cl2FNO4S. The van der Waals surface area contributed by atoms with E-state index in [1.54, 1.807) is 0 Å². The number of nitrogens with one attached hydrogen (secondary N) is 1. The van der Waals surface area contributed by atoms with E-state index in [1.807, 2.05) is 0 Å². The van der Waals surface area contributed by atoms with Gasteiger partial charge in [-0.3, -0.25) is 4.72 Å². The Bertz CT molecular complexity index is 855. The summed E-state index contributed by atoms with van der Waals surface area (Å²) < 4.78 is 39.7. The molecule has 0 aliphatic carbocycles. The average molecular weight is 364 g/mol. The van der Waals surface area contributed by atoms with Gasteiger partial charge >= 0.3 is 5.97 Å². The van der Waals surface area contributed by atoms with Crippen LogP contribution in [0.5, 0.6) is 0 Å². The van der Waals surface area contributed by atoms with Crippen LogP contribution in [0, 0.1) is 5.82 Å². The number of carboxylic acid groups (broad SMARTS) is 1. The Balaban J connectivity index is 2.50. The van der Waals surface area contributed by atoms with Gasteiger partial charge in [0.05, 0.1) is 21.3 Å². The SMILES string of the molecule is O=C(O)c1cc(F)ccc1NS(=O)(=O)c1cccc(Cl)c1Cl. The van der Waals surface area contributed by atoms with Crippen molar-refractivity contribution in [2.75, 3.05) is 4.72 Å². The van der Waals surface area contributed by atoms with E-state index in [0.29, 0.717) is 6.07 Å². The smallest absolute Gasteiger partial charge is 0.337 e. The molecule has 22 heavy (non-hydrogen) atoms. The van der Waals surface area contributed by atoms with Gasteiger partial charge in [0.2, 0.25) is 0 Å². The van der Waals surface area contributed by atoms with Crippen LogP contribution >= 0.6 is 23.2 Å². The van der Waals surface area contributed by atoms with Crippen molar-refractivity contribution >= 4 is 44.9 Å². The van der Waals surface area contributed by atoms with Crippen molar-refractivity contribution in [3.05, 3.63) is 57.8 Å². The van der Waals surface area contributed by atoms with Crippen LogP contribution in [0.25, 0.3) is 0 Å². The quantitative estimate of drug-likeness (QED) is 0.868. The summed E-state index contributed by atoms with van der Waals surface area (Å²) in [4.78, 5) is 10.8. The predicted octanol–water partition coefficient (Wildman–Crippen LogP) is 3.63. The van der Waals surface area contributed by atoms with Gasteiger partial charge < -0.3 is 5.11 Å². The Morgan fingerprint density at radius 2 is 1.86 bits per heavy atom. The Morgan fingerprint density at radius 3 is 2.50 bits per heavy atom. The van der Waals surface area contributed by atoms with E-state index in [1.165, 1.54) is 18.2 Å². The van der Waals surface area contributed by atoms with Crippen LogP contribution < -0.4 is 4.72 Å². The lowest BCUT2D eigenvalue weighted by Gasteiger charge is -2.12.